The summed E-state index contributed by atoms with van der Waals surface area (Å²) in [6.07, 6.45) is 4.92. The Balaban J connectivity index is 1.53. The minimum Gasteiger partial charge on any atom is -0.489 e. The Labute approximate surface area is 257 Å². The van der Waals surface area contributed by atoms with Gasteiger partial charge < -0.3 is 15.0 Å². The molecule has 1 fully saturated rings. The SMILES string of the molecule is C[C@@H](C(=O)NC1CCCC1)N(Cc1ccc(Cl)c(Cl)c1)C(=O)CN(c1ccc(OCc2ccccc2)cc1)S(C)(=O)=O. The summed E-state index contributed by atoms with van der Waals surface area (Å²) in [4.78, 5) is 28.4. The molecule has 11 heteroatoms. The Morgan fingerprint density at radius 1 is 0.952 bits per heavy atom. The summed E-state index contributed by atoms with van der Waals surface area (Å²) < 4.78 is 32.6. The van der Waals surface area contributed by atoms with Crippen LogP contribution in [0.3, 0.4) is 0 Å². The number of carbonyl (C=O) groups is 2. The van der Waals surface area contributed by atoms with Gasteiger partial charge in [0.05, 0.1) is 22.0 Å². The first kappa shape index (κ1) is 31.7. The third-order valence-corrected chi connectivity index (χ3v) is 9.14. The van der Waals surface area contributed by atoms with Crippen LogP contribution in [-0.4, -0.2) is 50.0 Å². The van der Waals surface area contributed by atoms with E-state index in [-0.39, 0.29) is 18.5 Å². The predicted molar refractivity (Wildman–Crippen MR) is 166 cm³/mol. The molecule has 0 saturated heterocycles. The van der Waals surface area contributed by atoms with Gasteiger partial charge in [-0.3, -0.25) is 13.9 Å². The zero-order valence-corrected chi connectivity index (χ0v) is 26.0. The molecule has 0 radical (unpaired) electrons. The van der Waals surface area contributed by atoms with Crippen LogP contribution in [0.4, 0.5) is 5.69 Å². The topological polar surface area (TPSA) is 96.0 Å². The minimum atomic E-state index is -3.86. The van der Waals surface area contributed by atoms with Crippen molar-refractivity contribution in [3.63, 3.8) is 0 Å². The Morgan fingerprint density at radius 3 is 2.24 bits per heavy atom. The molecular formula is C31H35Cl2N3O5S. The molecule has 0 unspecified atom stereocenters. The van der Waals surface area contributed by atoms with Crippen molar-refractivity contribution in [1.29, 1.82) is 0 Å². The van der Waals surface area contributed by atoms with Crippen molar-refractivity contribution in [3.05, 3.63) is 94.0 Å². The number of sulfonamides is 1. The molecule has 2 amide bonds. The van der Waals surface area contributed by atoms with E-state index in [0.29, 0.717) is 33.7 Å². The standard InChI is InChI=1S/C31H35Cl2N3O5S/c1-22(31(38)34-25-10-6-7-11-25)35(19-24-12-17-28(32)29(33)18-24)30(37)20-36(42(2,39)40)26-13-15-27(16-14-26)41-21-23-8-4-3-5-9-23/h3-5,8-9,12-18,22,25H,6-7,10-11,19-21H2,1-2H3,(H,34,38)/t22-/m0/s1. The van der Waals surface area contributed by atoms with E-state index in [1.807, 2.05) is 30.3 Å². The highest BCUT2D eigenvalue weighted by molar-refractivity contribution is 7.92. The lowest BCUT2D eigenvalue weighted by atomic mass is 10.1. The fraction of sp³-hybridized carbons (Fsp3) is 0.355. The highest BCUT2D eigenvalue weighted by Gasteiger charge is 2.31. The second-order valence-electron chi connectivity index (χ2n) is 10.5. The van der Waals surface area contributed by atoms with Gasteiger partial charge in [-0.25, -0.2) is 8.42 Å². The highest BCUT2D eigenvalue weighted by atomic mass is 35.5. The number of nitrogens with one attached hydrogen (secondary N) is 1. The van der Waals surface area contributed by atoms with E-state index in [1.54, 1.807) is 49.4 Å². The lowest BCUT2D eigenvalue weighted by Gasteiger charge is -2.32. The van der Waals surface area contributed by atoms with E-state index in [0.717, 1.165) is 41.8 Å². The van der Waals surface area contributed by atoms with Crippen LogP contribution < -0.4 is 14.4 Å². The molecule has 8 nitrogen and oxygen atoms in total. The van der Waals surface area contributed by atoms with Crippen molar-refractivity contribution >= 4 is 50.7 Å². The predicted octanol–water partition coefficient (Wildman–Crippen LogP) is 5.81. The van der Waals surface area contributed by atoms with Gasteiger partial charge in [-0.15, -0.1) is 0 Å². The van der Waals surface area contributed by atoms with Crippen molar-refractivity contribution in [2.45, 2.75) is 57.8 Å². The van der Waals surface area contributed by atoms with Crippen molar-refractivity contribution < 1.29 is 22.7 Å². The Hall–Kier alpha value is -3.27. The van der Waals surface area contributed by atoms with Crippen LogP contribution >= 0.6 is 23.2 Å². The van der Waals surface area contributed by atoms with E-state index >= 15 is 0 Å². The van der Waals surface area contributed by atoms with E-state index in [2.05, 4.69) is 5.32 Å². The van der Waals surface area contributed by atoms with Gasteiger partial charge in [0.1, 0.15) is 24.9 Å². The van der Waals surface area contributed by atoms with E-state index in [1.165, 1.54) is 4.90 Å². The lowest BCUT2D eigenvalue weighted by molar-refractivity contribution is -0.139. The number of hydrogen-bond acceptors (Lipinski definition) is 5. The minimum absolute atomic E-state index is 0.0405. The molecule has 0 bridgehead atoms. The fourth-order valence-electron chi connectivity index (χ4n) is 4.87. The highest BCUT2D eigenvalue weighted by Crippen LogP contribution is 2.26. The number of ether oxygens (including phenoxy) is 1. The van der Waals surface area contributed by atoms with Gasteiger partial charge in [0.2, 0.25) is 21.8 Å². The number of rotatable bonds is 12. The van der Waals surface area contributed by atoms with E-state index < -0.39 is 28.5 Å². The maximum absolute atomic E-state index is 13.8. The largest absolute Gasteiger partial charge is 0.489 e. The molecule has 0 aliphatic heterocycles. The first-order chi connectivity index (χ1) is 20.0. The van der Waals surface area contributed by atoms with Crippen molar-refractivity contribution in [2.75, 3.05) is 17.1 Å². The first-order valence-electron chi connectivity index (χ1n) is 13.8. The van der Waals surface area contributed by atoms with Gasteiger partial charge in [-0.1, -0.05) is 72.4 Å². The van der Waals surface area contributed by atoms with Gasteiger partial charge in [0.15, 0.2) is 0 Å². The van der Waals surface area contributed by atoms with Gasteiger partial charge in [-0.2, -0.15) is 0 Å². The summed E-state index contributed by atoms with van der Waals surface area (Å²) in [6.45, 7) is 1.55. The second kappa shape index (κ2) is 14.3. The van der Waals surface area contributed by atoms with Crippen molar-refractivity contribution in [2.24, 2.45) is 0 Å². The summed E-state index contributed by atoms with van der Waals surface area (Å²) in [7, 11) is -3.86. The molecule has 1 aliphatic carbocycles. The molecule has 0 spiro atoms. The monoisotopic (exact) mass is 631 g/mol. The molecule has 4 rings (SSSR count). The van der Waals surface area contributed by atoms with Crippen LogP contribution in [0.1, 0.15) is 43.7 Å². The average Bonchev–Trinajstić information content (AvgIpc) is 3.48. The molecule has 1 atom stereocenters. The number of amides is 2. The lowest BCUT2D eigenvalue weighted by Crippen LogP contribution is -2.52. The van der Waals surface area contributed by atoms with E-state index in [4.69, 9.17) is 27.9 Å². The summed E-state index contributed by atoms with van der Waals surface area (Å²) in [6, 6.07) is 20.4. The molecule has 42 heavy (non-hydrogen) atoms. The number of halogens is 2. The van der Waals surface area contributed by atoms with Crippen LogP contribution in [0.2, 0.25) is 10.0 Å². The third-order valence-electron chi connectivity index (χ3n) is 7.26. The van der Waals surface area contributed by atoms with Gasteiger partial charge in [0, 0.05) is 12.6 Å². The van der Waals surface area contributed by atoms with E-state index in [9.17, 15) is 18.0 Å². The number of carbonyl (C=O) groups excluding carboxylic acids is 2. The Morgan fingerprint density at radius 2 is 1.62 bits per heavy atom. The van der Waals surface area contributed by atoms with Crippen LogP contribution in [0.15, 0.2) is 72.8 Å². The fourth-order valence-corrected chi connectivity index (χ4v) is 6.04. The Bertz CT molecular complexity index is 1480. The summed E-state index contributed by atoms with van der Waals surface area (Å²) >= 11 is 12.3. The molecule has 1 aliphatic rings. The van der Waals surface area contributed by atoms with Crippen LogP contribution in [0, 0.1) is 0 Å². The van der Waals surface area contributed by atoms with Gasteiger partial charge in [-0.05, 0) is 67.3 Å². The molecule has 0 heterocycles. The summed E-state index contributed by atoms with van der Waals surface area (Å²) in [5.41, 5.74) is 1.96. The molecular weight excluding hydrogens is 597 g/mol. The second-order valence-corrected chi connectivity index (χ2v) is 13.2. The molecule has 1 N–H and O–H groups in total. The Kier molecular flexibility index (Phi) is 10.8. The molecule has 3 aromatic carbocycles. The quantitative estimate of drug-likeness (QED) is 0.272. The van der Waals surface area contributed by atoms with Crippen molar-refractivity contribution in [1.82, 2.24) is 10.2 Å². The third kappa shape index (κ3) is 8.63. The van der Waals surface area contributed by atoms with Crippen LogP contribution in [-0.2, 0) is 32.8 Å². The molecule has 3 aromatic rings. The zero-order valence-electron chi connectivity index (χ0n) is 23.6. The van der Waals surface area contributed by atoms with Crippen LogP contribution in [0.25, 0.3) is 0 Å². The maximum atomic E-state index is 13.8. The maximum Gasteiger partial charge on any atom is 0.244 e. The van der Waals surface area contributed by atoms with Gasteiger partial charge in [0.25, 0.3) is 0 Å². The van der Waals surface area contributed by atoms with Gasteiger partial charge >= 0.3 is 0 Å². The number of benzene rings is 3. The molecule has 1 saturated carbocycles. The number of anilines is 1. The smallest absolute Gasteiger partial charge is 0.244 e. The summed E-state index contributed by atoms with van der Waals surface area (Å²) in [5.74, 6) is -0.271. The van der Waals surface area contributed by atoms with Crippen LogP contribution in [0.5, 0.6) is 5.75 Å². The number of nitrogens with zero attached hydrogens (tertiary/aromatic N) is 2. The summed E-state index contributed by atoms with van der Waals surface area (Å²) in [5, 5.41) is 3.72. The molecule has 0 aromatic heterocycles. The molecule has 224 valence electrons. The first-order valence-corrected chi connectivity index (χ1v) is 16.4. The zero-order chi connectivity index (χ0) is 30.3. The number of hydrogen-bond donors (Lipinski definition) is 1. The average molecular weight is 633 g/mol. The normalized spacial score (nSPS) is 14.3. The van der Waals surface area contributed by atoms with Crippen molar-refractivity contribution in [3.8, 4) is 5.75 Å².